The molecule has 1 aromatic carbocycles. The van der Waals surface area contributed by atoms with Gasteiger partial charge in [0.25, 0.3) is 0 Å². The van der Waals surface area contributed by atoms with Crippen LogP contribution in [-0.2, 0) is 4.79 Å². The molecular weight excluding hydrogens is 345 g/mol. The Morgan fingerprint density at radius 3 is 2.50 bits per heavy atom. The summed E-state index contributed by atoms with van der Waals surface area (Å²) in [5.41, 5.74) is 7.07. The van der Waals surface area contributed by atoms with E-state index in [4.69, 9.17) is 5.73 Å². The van der Waals surface area contributed by atoms with Crippen LogP contribution in [0.15, 0.2) is 30.3 Å². The Balaban J connectivity index is 0.00000264. The Bertz CT molecular complexity index is 451. The number of benzene rings is 1. The Labute approximate surface area is 158 Å². The minimum Gasteiger partial charge on any atom is -0.356 e. The first kappa shape index (κ1) is 23.2. The molecule has 1 aliphatic rings. The number of hydrogen-bond donors (Lipinski definition) is 2. The fraction of sp³-hybridized carbons (Fsp3) is 0.611. The highest BCUT2D eigenvalue weighted by Crippen LogP contribution is 2.16. The van der Waals surface area contributed by atoms with Crippen molar-refractivity contribution < 1.29 is 4.79 Å². The first-order chi connectivity index (χ1) is 10.6. The topological polar surface area (TPSA) is 58.4 Å². The molecule has 1 atom stereocenters. The molecule has 2 rings (SSSR count). The molecule has 6 heteroatoms. The minimum atomic E-state index is -0.218. The van der Waals surface area contributed by atoms with Crippen LogP contribution in [0, 0.1) is 5.92 Å². The standard InChI is InChI=1S/C18H29N3O.2ClH/c1-15-8-12-21(13-9-15)11-5-10-20-18(22)14-17(19)16-6-3-2-4-7-16;;/h2-4,6-7,15,17H,5,8-14,19H2,1H3,(H,20,22);2*1H. The molecule has 0 spiro atoms. The van der Waals surface area contributed by atoms with Gasteiger partial charge in [-0.15, -0.1) is 24.8 Å². The average molecular weight is 376 g/mol. The molecule has 1 unspecified atom stereocenters. The van der Waals surface area contributed by atoms with Crippen molar-refractivity contribution in [3.63, 3.8) is 0 Å². The number of rotatable bonds is 7. The molecule has 0 aliphatic carbocycles. The Kier molecular flexibility index (Phi) is 12.1. The van der Waals surface area contributed by atoms with Crippen LogP contribution in [0.2, 0.25) is 0 Å². The van der Waals surface area contributed by atoms with Crippen LogP contribution < -0.4 is 11.1 Å². The van der Waals surface area contributed by atoms with E-state index in [9.17, 15) is 4.79 Å². The summed E-state index contributed by atoms with van der Waals surface area (Å²) in [6, 6.07) is 9.58. The first-order valence-corrected chi connectivity index (χ1v) is 8.44. The predicted octanol–water partition coefficient (Wildman–Crippen LogP) is 3.16. The number of amides is 1. The van der Waals surface area contributed by atoms with E-state index < -0.39 is 0 Å². The smallest absolute Gasteiger partial charge is 0.221 e. The maximum atomic E-state index is 11.9. The number of hydrogen-bond acceptors (Lipinski definition) is 3. The average Bonchev–Trinajstić information content (AvgIpc) is 2.54. The zero-order chi connectivity index (χ0) is 15.8. The summed E-state index contributed by atoms with van der Waals surface area (Å²) in [6.45, 7) is 6.56. The molecule has 0 bridgehead atoms. The maximum absolute atomic E-state index is 11.9. The summed E-state index contributed by atoms with van der Waals surface area (Å²) in [7, 11) is 0. The highest BCUT2D eigenvalue weighted by atomic mass is 35.5. The number of carbonyl (C=O) groups is 1. The van der Waals surface area contributed by atoms with E-state index in [1.165, 1.54) is 25.9 Å². The van der Waals surface area contributed by atoms with Gasteiger partial charge >= 0.3 is 0 Å². The predicted molar refractivity (Wildman–Crippen MR) is 105 cm³/mol. The second-order valence-electron chi connectivity index (χ2n) is 6.45. The third kappa shape index (κ3) is 8.34. The summed E-state index contributed by atoms with van der Waals surface area (Å²) in [6.07, 6.45) is 3.97. The molecular formula is C18H31Cl2N3O. The third-order valence-corrected chi connectivity index (χ3v) is 4.48. The van der Waals surface area contributed by atoms with E-state index in [0.29, 0.717) is 6.42 Å². The number of nitrogens with two attached hydrogens (primary N) is 1. The number of nitrogens with zero attached hydrogens (tertiary/aromatic N) is 1. The highest BCUT2D eigenvalue weighted by molar-refractivity contribution is 5.85. The molecule has 0 saturated carbocycles. The van der Waals surface area contributed by atoms with E-state index in [-0.39, 0.29) is 36.8 Å². The second-order valence-corrected chi connectivity index (χ2v) is 6.45. The lowest BCUT2D eigenvalue weighted by Crippen LogP contribution is -2.35. The second kappa shape index (κ2) is 12.5. The fourth-order valence-electron chi connectivity index (χ4n) is 2.91. The van der Waals surface area contributed by atoms with E-state index in [1.807, 2.05) is 30.3 Å². The number of nitrogens with one attached hydrogen (secondary N) is 1. The lowest BCUT2D eigenvalue weighted by Gasteiger charge is -2.30. The zero-order valence-corrected chi connectivity index (χ0v) is 16.1. The monoisotopic (exact) mass is 375 g/mol. The number of piperidine rings is 1. The lowest BCUT2D eigenvalue weighted by molar-refractivity contribution is -0.121. The summed E-state index contributed by atoms with van der Waals surface area (Å²) in [4.78, 5) is 14.4. The number of carbonyl (C=O) groups excluding carboxylic acids is 1. The van der Waals surface area contributed by atoms with Gasteiger partial charge < -0.3 is 16.0 Å². The summed E-state index contributed by atoms with van der Waals surface area (Å²) >= 11 is 0. The van der Waals surface area contributed by atoms with Gasteiger partial charge in [0, 0.05) is 19.0 Å². The van der Waals surface area contributed by atoms with Gasteiger partial charge in [-0.3, -0.25) is 4.79 Å². The van der Waals surface area contributed by atoms with Gasteiger partial charge in [0.1, 0.15) is 0 Å². The first-order valence-electron chi connectivity index (χ1n) is 8.44. The molecule has 1 aliphatic heterocycles. The van der Waals surface area contributed by atoms with Gasteiger partial charge in [-0.25, -0.2) is 0 Å². The van der Waals surface area contributed by atoms with Crippen LogP contribution in [0.5, 0.6) is 0 Å². The normalized spacial score (nSPS) is 16.6. The molecule has 4 nitrogen and oxygen atoms in total. The van der Waals surface area contributed by atoms with Gasteiger partial charge in [0.2, 0.25) is 5.91 Å². The molecule has 1 aromatic rings. The van der Waals surface area contributed by atoms with Gasteiger partial charge in [-0.05, 0) is 50.4 Å². The van der Waals surface area contributed by atoms with E-state index in [2.05, 4.69) is 17.1 Å². The minimum absolute atomic E-state index is 0. The van der Waals surface area contributed by atoms with Crippen molar-refractivity contribution in [1.29, 1.82) is 0 Å². The Hall–Kier alpha value is -0.810. The van der Waals surface area contributed by atoms with E-state index in [1.54, 1.807) is 0 Å². The fourth-order valence-corrected chi connectivity index (χ4v) is 2.91. The zero-order valence-electron chi connectivity index (χ0n) is 14.4. The third-order valence-electron chi connectivity index (χ3n) is 4.48. The lowest BCUT2D eigenvalue weighted by atomic mass is 9.99. The van der Waals surface area contributed by atoms with Crippen LogP contribution >= 0.6 is 24.8 Å². The Morgan fingerprint density at radius 2 is 1.88 bits per heavy atom. The summed E-state index contributed by atoms with van der Waals surface area (Å²) < 4.78 is 0. The summed E-state index contributed by atoms with van der Waals surface area (Å²) in [5, 5.41) is 2.99. The molecule has 3 N–H and O–H groups in total. The van der Waals surface area contributed by atoms with Crippen molar-refractivity contribution in [2.24, 2.45) is 11.7 Å². The van der Waals surface area contributed by atoms with Crippen LogP contribution in [0.3, 0.4) is 0 Å². The quantitative estimate of drug-likeness (QED) is 0.719. The maximum Gasteiger partial charge on any atom is 0.221 e. The molecule has 24 heavy (non-hydrogen) atoms. The molecule has 0 radical (unpaired) electrons. The van der Waals surface area contributed by atoms with Gasteiger partial charge in [-0.2, -0.15) is 0 Å². The van der Waals surface area contributed by atoms with Crippen molar-refractivity contribution in [2.75, 3.05) is 26.2 Å². The SMILES string of the molecule is CC1CCN(CCCNC(=O)CC(N)c2ccccc2)CC1.Cl.Cl. The largest absolute Gasteiger partial charge is 0.356 e. The van der Waals surface area contributed by atoms with Crippen LogP contribution in [0.25, 0.3) is 0 Å². The van der Waals surface area contributed by atoms with Gasteiger partial charge in [0.05, 0.1) is 0 Å². The molecule has 1 amide bonds. The van der Waals surface area contributed by atoms with E-state index in [0.717, 1.165) is 31.0 Å². The van der Waals surface area contributed by atoms with Crippen LogP contribution in [0.4, 0.5) is 0 Å². The van der Waals surface area contributed by atoms with Crippen molar-refractivity contribution >= 4 is 30.7 Å². The molecule has 1 heterocycles. The van der Waals surface area contributed by atoms with Crippen molar-refractivity contribution in [2.45, 2.75) is 38.6 Å². The van der Waals surface area contributed by atoms with E-state index >= 15 is 0 Å². The Morgan fingerprint density at radius 1 is 1.25 bits per heavy atom. The van der Waals surface area contributed by atoms with Gasteiger partial charge in [-0.1, -0.05) is 37.3 Å². The van der Waals surface area contributed by atoms with Gasteiger partial charge in [0.15, 0.2) is 0 Å². The molecule has 1 saturated heterocycles. The molecule has 0 aromatic heterocycles. The molecule has 1 fully saturated rings. The highest BCUT2D eigenvalue weighted by Gasteiger charge is 2.15. The van der Waals surface area contributed by atoms with Crippen molar-refractivity contribution in [3.05, 3.63) is 35.9 Å². The summed E-state index contributed by atoms with van der Waals surface area (Å²) in [5.74, 6) is 0.916. The number of halogens is 2. The van der Waals surface area contributed by atoms with Crippen molar-refractivity contribution in [3.8, 4) is 0 Å². The van der Waals surface area contributed by atoms with Crippen LogP contribution in [-0.4, -0.2) is 37.0 Å². The number of likely N-dealkylation sites (tertiary alicyclic amines) is 1. The molecule has 138 valence electrons. The van der Waals surface area contributed by atoms with Crippen molar-refractivity contribution in [1.82, 2.24) is 10.2 Å². The van der Waals surface area contributed by atoms with Crippen LogP contribution in [0.1, 0.15) is 44.2 Å².